The second-order valence-electron chi connectivity index (χ2n) is 7.50. The number of nitrogens with one attached hydrogen (secondary N) is 1. The summed E-state index contributed by atoms with van der Waals surface area (Å²) in [6, 6.07) is 16.3. The van der Waals surface area contributed by atoms with Crippen LogP contribution in [0.1, 0.15) is 22.3 Å². The highest BCUT2D eigenvalue weighted by Crippen LogP contribution is 2.28. The van der Waals surface area contributed by atoms with Gasteiger partial charge >= 0.3 is 0 Å². The molecular weight excluding hydrogens is 410 g/mol. The molecule has 158 valence electrons. The van der Waals surface area contributed by atoms with Crippen molar-refractivity contribution < 1.29 is 9.53 Å². The van der Waals surface area contributed by atoms with E-state index in [0.29, 0.717) is 30.2 Å². The molecule has 7 nitrogen and oxygen atoms in total. The Labute approximate surface area is 185 Å². The number of benzene rings is 2. The molecule has 0 spiro atoms. The van der Waals surface area contributed by atoms with Gasteiger partial charge in [0.25, 0.3) is 5.91 Å². The maximum Gasteiger partial charge on any atom is 0.253 e. The van der Waals surface area contributed by atoms with Gasteiger partial charge in [-0.05, 0) is 37.3 Å². The van der Waals surface area contributed by atoms with E-state index in [1.54, 1.807) is 7.11 Å². The topological polar surface area (TPSA) is 93.3 Å². The van der Waals surface area contributed by atoms with Crippen molar-refractivity contribution in [3.63, 3.8) is 0 Å². The van der Waals surface area contributed by atoms with Crippen LogP contribution in [0.25, 0.3) is 10.2 Å². The number of nitrogens with zero attached hydrogens (tertiary/aromatic N) is 4. The summed E-state index contributed by atoms with van der Waals surface area (Å²) in [7, 11) is 1.61. The van der Waals surface area contributed by atoms with E-state index in [4.69, 9.17) is 10.1 Å². The lowest BCUT2D eigenvalue weighted by Gasteiger charge is -2.41. The van der Waals surface area contributed by atoms with Gasteiger partial charge in [0.1, 0.15) is 16.8 Å². The molecule has 8 heteroatoms. The second kappa shape index (κ2) is 8.84. The Morgan fingerprint density at radius 3 is 2.74 bits per heavy atom. The minimum atomic E-state index is -0.716. The lowest BCUT2D eigenvalue weighted by molar-refractivity contribution is 0.0509. The molecule has 1 aliphatic heterocycles. The van der Waals surface area contributed by atoms with Crippen LogP contribution in [0.2, 0.25) is 0 Å². The standard InChI is InChI=1S/C23H23N5O2S/c1-15-14-27(23(29)16-6-4-3-5-7-16)10-11-28(15)19(13-24)21(25)22-26-18-9-8-17(30-2)12-20(18)31-22/h3-9,12,15,19,25H,10-11,14H2,1-2H3/t15-,19?/m1/s1. The average Bonchev–Trinajstić information content (AvgIpc) is 3.23. The van der Waals surface area contributed by atoms with Crippen LogP contribution >= 0.6 is 11.3 Å². The fraction of sp³-hybridized carbons (Fsp3) is 0.304. The summed E-state index contributed by atoms with van der Waals surface area (Å²) in [4.78, 5) is 21.1. The Morgan fingerprint density at radius 2 is 2.06 bits per heavy atom. The van der Waals surface area contributed by atoms with Gasteiger partial charge in [0.15, 0.2) is 0 Å². The quantitative estimate of drug-likeness (QED) is 0.623. The van der Waals surface area contributed by atoms with E-state index in [0.717, 1.165) is 16.0 Å². The summed E-state index contributed by atoms with van der Waals surface area (Å²) < 4.78 is 6.18. The summed E-state index contributed by atoms with van der Waals surface area (Å²) in [5.74, 6) is 0.731. The van der Waals surface area contributed by atoms with Gasteiger partial charge in [-0.1, -0.05) is 18.2 Å². The highest BCUT2D eigenvalue weighted by molar-refractivity contribution is 7.20. The summed E-state index contributed by atoms with van der Waals surface area (Å²) in [6.07, 6.45) is 0. The molecule has 1 aromatic heterocycles. The fourth-order valence-electron chi connectivity index (χ4n) is 3.87. The Hall–Kier alpha value is -3.28. The van der Waals surface area contributed by atoms with Crippen LogP contribution in [0.3, 0.4) is 0 Å². The van der Waals surface area contributed by atoms with Gasteiger partial charge < -0.3 is 9.64 Å². The van der Waals surface area contributed by atoms with E-state index in [-0.39, 0.29) is 17.7 Å². The van der Waals surface area contributed by atoms with Crippen LogP contribution in [-0.2, 0) is 0 Å². The number of hydrogen-bond acceptors (Lipinski definition) is 7. The molecule has 1 N–H and O–H groups in total. The molecular formula is C23H23N5O2S. The number of thiazole rings is 1. The first kappa shape index (κ1) is 21.0. The summed E-state index contributed by atoms with van der Waals surface area (Å²) in [6.45, 7) is 3.54. The highest BCUT2D eigenvalue weighted by atomic mass is 32.1. The smallest absolute Gasteiger partial charge is 0.253 e. The lowest BCUT2D eigenvalue weighted by atomic mass is 10.1. The first-order valence-corrected chi connectivity index (χ1v) is 10.9. The van der Waals surface area contributed by atoms with Gasteiger partial charge in [-0.2, -0.15) is 5.26 Å². The van der Waals surface area contributed by atoms with Gasteiger partial charge in [0.2, 0.25) is 0 Å². The summed E-state index contributed by atoms with van der Waals surface area (Å²) >= 11 is 1.39. The van der Waals surface area contributed by atoms with Crippen LogP contribution in [0.4, 0.5) is 0 Å². The molecule has 1 saturated heterocycles. The summed E-state index contributed by atoms with van der Waals surface area (Å²) in [5, 5.41) is 19.1. The number of carbonyl (C=O) groups is 1. The number of hydrogen-bond donors (Lipinski definition) is 1. The van der Waals surface area contributed by atoms with Crippen LogP contribution in [-0.4, -0.2) is 65.2 Å². The van der Waals surface area contributed by atoms with Crippen molar-refractivity contribution in [1.82, 2.24) is 14.8 Å². The first-order chi connectivity index (χ1) is 15.0. The first-order valence-electron chi connectivity index (χ1n) is 10.0. The Bertz CT molecular complexity index is 1150. The van der Waals surface area contributed by atoms with Crippen molar-refractivity contribution in [3.8, 4) is 11.8 Å². The molecule has 3 aromatic rings. The maximum absolute atomic E-state index is 12.8. The van der Waals surface area contributed by atoms with Gasteiger partial charge in [-0.25, -0.2) is 4.98 Å². The number of rotatable bonds is 5. The molecule has 2 heterocycles. The van der Waals surface area contributed by atoms with Crippen molar-refractivity contribution in [2.45, 2.75) is 19.0 Å². The van der Waals surface area contributed by atoms with E-state index in [2.05, 4.69) is 11.1 Å². The minimum Gasteiger partial charge on any atom is -0.497 e. The predicted molar refractivity (Wildman–Crippen MR) is 121 cm³/mol. The number of ether oxygens (including phenoxy) is 1. The Balaban J connectivity index is 1.50. The van der Waals surface area contributed by atoms with Crippen LogP contribution in [0.15, 0.2) is 48.5 Å². The molecule has 0 saturated carbocycles. The predicted octanol–water partition coefficient (Wildman–Crippen LogP) is 3.41. The highest BCUT2D eigenvalue weighted by Gasteiger charge is 2.34. The average molecular weight is 434 g/mol. The zero-order chi connectivity index (χ0) is 22.0. The number of aromatic nitrogens is 1. The normalized spacial score (nSPS) is 17.8. The number of amides is 1. The zero-order valence-corrected chi connectivity index (χ0v) is 18.2. The van der Waals surface area contributed by atoms with Crippen molar-refractivity contribution in [2.75, 3.05) is 26.7 Å². The molecule has 31 heavy (non-hydrogen) atoms. The largest absolute Gasteiger partial charge is 0.497 e. The molecule has 1 unspecified atom stereocenters. The van der Waals surface area contributed by atoms with Crippen molar-refractivity contribution in [1.29, 1.82) is 10.7 Å². The number of fused-ring (bicyclic) bond motifs is 1. The lowest BCUT2D eigenvalue weighted by Crippen LogP contribution is -2.58. The second-order valence-corrected chi connectivity index (χ2v) is 8.53. The van der Waals surface area contributed by atoms with E-state index < -0.39 is 6.04 Å². The molecule has 0 bridgehead atoms. The van der Waals surface area contributed by atoms with Crippen molar-refractivity contribution >= 4 is 33.2 Å². The molecule has 1 amide bonds. The SMILES string of the molecule is COc1ccc2nc(C(=N)C(C#N)N3CCN(C(=O)c4ccccc4)C[C@H]3C)sc2c1. The van der Waals surface area contributed by atoms with Gasteiger partial charge in [0, 0.05) is 31.2 Å². The maximum atomic E-state index is 12.8. The number of carbonyl (C=O) groups excluding carboxylic acids is 1. The Kier molecular flexibility index (Phi) is 5.98. The summed E-state index contributed by atoms with van der Waals surface area (Å²) in [5.41, 5.74) is 1.64. The molecule has 2 aromatic carbocycles. The molecule has 0 aliphatic carbocycles. The fourth-order valence-corrected chi connectivity index (χ4v) is 4.84. The molecule has 4 rings (SSSR count). The van der Waals surface area contributed by atoms with Crippen LogP contribution in [0.5, 0.6) is 5.75 Å². The van der Waals surface area contributed by atoms with E-state index in [1.807, 2.05) is 65.3 Å². The zero-order valence-electron chi connectivity index (χ0n) is 17.4. The third-order valence-corrected chi connectivity index (χ3v) is 6.59. The molecule has 2 atom stereocenters. The third-order valence-electron chi connectivity index (χ3n) is 5.54. The van der Waals surface area contributed by atoms with Crippen molar-refractivity contribution in [3.05, 3.63) is 59.1 Å². The van der Waals surface area contributed by atoms with Gasteiger partial charge in [-0.15, -0.1) is 11.3 Å². The molecule has 0 radical (unpaired) electrons. The monoisotopic (exact) mass is 433 g/mol. The minimum absolute atomic E-state index is 0.00388. The van der Waals surface area contributed by atoms with E-state index >= 15 is 0 Å². The Morgan fingerprint density at radius 1 is 1.29 bits per heavy atom. The van der Waals surface area contributed by atoms with Crippen LogP contribution in [0, 0.1) is 16.7 Å². The van der Waals surface area contributed by atoms with E-state index in [9.17, 15) is 10.1 Å². The molecule has 1 fully saturated rings. The number of nitriles is 1. The molecule has 1 aliphatic rings. The van der Waals surface area contributed by atoms with Gasteiger partial charge in [0.05, 0.1) is 29.1 Å². The van der Waals surface area contributed by atoms with Crippen LogP contribution < -0.4 is 4.74 Å². The van der Waals surface area contributed by atoms with Crippen molar-refractivity contribution in [2.24, 2.45) is 0 Å². The number of piperazine rings is 1. The third kappa shape index (κ3) is 4.15. The number of methoxy groups -OCH3 is 1. The van der Waals surface area contributed by atoms with Gasteiger partial charge in [-0.3, -0.25) is 15.1 Å². The van der Waals surface area contributed by atoms with E-state index in [1.165, 1.54) is 11.3 Å².